The molecule has 0 amide bonds. The van der Waals surface area contributed by atoms with Crippen LogP contribution in [0, 0.1) is 5.82 Å². The van der Waals surface area contributed by atoms with Gasteiger partial charge >= 0.3 is 0 Å². The molecule has 2 saturated heterocycles. The fourth-order valence-electron chi connectivity index (χ4n) is 2.90. The summed E-state index contributed by atoms with van der Waals surface area (Å²) in [6, 6.07) is 3.27. The summed E-state index contributed by atoms with van der Waals surface area (Å²) < 4.78 is 37.6. The van der Waals surface area contributed by atoms with Crippen molar-refractivity contribution in [2.24, 2.45) is 0 Å². The van der Waals surface area contributed by atoms with E-state index >= 15 is 0 Å². The molecule has 0 aromatic heterocycles. The number of halogens is 2. The van der Waals surface area contributed by atoms with Gasteiger partial charge in [0.15, 0.2) is 12.6 Å². The second-order valence-corrected chi connectivity index (χ2v) is 7.10. The molecule has 24 heavy (non-hydrogen) atoms. The number of hydrogen-bond acceptors (Lipinski definition) is 4. The highest BCUT2D eigenvalue weighted by Gasteiger charge is 2.18. The predicted molar refractivity (Wildman–Crippen MR) is 90.9 cm³/mol. The quantitative estimate of drug-likeness (QED) is 0.692. The fraction of sp³-hybridized carbons (Fsp3) is 0.667. The van der Waals surface area contributed by atoms with Gasteiger partial charge in [-0.05, 0) is 56.2 Å². The van der Waals surface area contributed by atoms with Crippen molar-refractivity contribution < 1.29 is 23.3 Å². The lowest BCUT2D eigenvalue weighted by molar-refractivity contribution is -0.169. The average molecular weight is 403 g/mol. The maximum absolute atomic E-state index is 14.3. The van der Waals surface area contributed by atoms with Gasteiger partial charge < -0.3 is 18.9 Å². The van der Waals surface area contributed by atoms with Crippen molar-refractivity contribution in [3.63, 3.8) is 0 Å². The van der Waals surface area contributed by atoms with E-state index in [0.717, 1.165) is 61.8 Å². The van der Waals surface area contributed by atoms with E-state index in [1.54, 1.807) is 6.07 Å². The monoisotopic (exact) mass is 402 g/mol. The summed E-state index contributed by atoms with van der Waals surface area (Å²) in [6.07, 6.45) is 5.72. The minimum Gasteiger partial charge on any atom is -0.353 e. The van der Waals surface area contributed by atoms with E-state index in [4.69, 9.17) is 18.9 Å². The second-order valence-electron chi connectivity index (χ2n) is 6.25. The molecule has 3 rings (SSSR count). The zero-order valence-electron chi connectivity index (χ0n) is 13.8. The summed E-state index contributed by atoms with van der Waals surface area (Å²) in [5, 5.41) is 0. The third-order valence-electron chi connectivity index (χ3n) is 4.34. The Kier molecular flexibility index (Phi) is 7.04. The van der Waals surface area contributed by atoms with E-state index in [0.29, 0.717) is 12.2 Å². The van der Waals surface area contributed by atoms with Gasteiger partial charge in [-0.15, -0.1) is 0 Å². The Morgan fingerprint density at radius 1 is 0.917 bits per heavy atom. The number of hydrogen-bond donors (Lipinski definition) is 0. The van der Waals surface area contributed by atoms with Gasteiger partial charge in [0.25, 0.3) is 0 Å². The smallest absolute Gasteiger partial charge is 0.158 e. The van der Waals surface area contributed by atoms with Gasteiger partial charge in [-0.25, -0.2) is 4.39 Å². The van der Waals surface area contributed by atoms with Crippen molar-refractivity contribution in [2.75, 3.05) is 13.2 Å². The van der Waals surface area contributed by atoms with Crippen LogP contribution in [0.3, 0.4) is 0 Å². The fourth-order valence-corrected chi connectivity index (χ4v) is 3.41. The highest BCUT2D eigenvalue weighted by Crippen LogP contribution is 2.25. The molecule has 0 N–H and O–H groups in total. The van der Waals surface area contributed by atoms with Crippen LogP contribution in [0.2, 0.25) is 0 Å². The van der Waals surface area contributed by atoms with Crippen LogP contribution in [0.15, 0.2) is 16.6 Å². The highest BCUT2D eigenvalue weighted by molar-refractivity contribution is 9.10. The van der Waals surface area contributed by atoms with Crippen LogP contribution in [0.5, 0.6) is 0 Å². The molecule has 2 aliphatic rings. The largest absolute Gasteiger partial charge is 0.353 e. The van der Waals surface area contributed by atoms with Gasteiger partial charge in [-0.2, -0.15) is 0 Å². The van der Waals surface area contributed by atoms with Crippen molar-refractivity contribution >= 4 is 15.9 Å². The van der Waals surface area contributed by atoms with E-state index in [-0.39, 0.29) is 25.0 Å². The van der Waals surface area contributed by atoms with E-state index in [9.17, 15) is 4.39 Å². The summed E-state index contributed by atoms with van der Waals surface area (Å²) in [7, 11) is 0. The number of ether oxygens (including phenoxy) is 4. The maximum Gasteiger partial charge on any atom is 0.158 e. The van der Waals surface area contributed by atoms with E-state index in [1.807, 2.05) is 0 Å². The van der Waals surface area contributed by atoms with Crippen molar-refractivity contribution in [1.29, 1.82) is 0 Å². The van der Waals surface area contributed by atoms with Gasteiger partial charge in [-0.3, -0.25) is 0 Å². The molecule has 0 spiro atoms. The zero-order chi connectivity index (χ0) is 16.8. The van der Waals surface area contributed by atoms with Crippen LogP contribution in [-0.2, 0) is 32.2 Å². The third kappa shape index (κ3) is 5.23. The molecule has 1 aromatic rings. The first-order chi connectivity index (χ1) is 11.7. The first kappa shape index (κ1) is 18.3. The molecular formula is C18H24BrFO4. The standard InChI is InChI=1S/C18H24BrFO4/c19-15-9-14(12-24-18-6-2-4-8-22-18)16(20)10-13(15)11-23-17-5-1-3-7-21-17/h9-10,17-18H,1-8,11-12H2. The number of benzene rings is 1. The first-order valence-corrected chi connectivity index (χ1v) is 9.45. The first-order valence-electron chi connectivity index (χ1n) is 8.65. The summed E-state index contributed by atoms with van der Waals surface area (Å²) >= 11 is 3.50. The second kappa shape index (κ2) is 9.25. The lowest BCUT2D eigenvalue weighted by Crippen LogP contribution is -2.22. The molecule has 134 valence electrons. The Labute approximate surface area is 150 Å². The van der Waals surface area contributed by atoms with Crippen molar-refractivity contribution in [2.45, 2.75) is 64.3 Å². The van der Waals surface area contributed by atoms with Crippen molar-refractivity contribution in [1.82, 2.24) is 0 Å². The van der Waals surface area contributed by atoms with E-state index in [2.05, 4.69) is 15.9 Å². The molecule has 0 saturated carbocycles. The van der Waals surface area contributed by atoms with Crippen LogP contribution >= 0.6 is 15.9 Å². The summed E-state index contributed by atoms with van der Waals surface area (Å²) in [6.45, 7) is 1.99. The van der Waals surface area contributed by atoms with Gasteiger partial charge in [0.1, 0.15) is 5.82 Å². The maximum atomic E-state index is 14.3. The zero-order valence-corrected chi connectivity index (χ0v) is 15.4. The van der Waals surface area contributed by atoms with Crippen LogP contribution in [0.1, 0.15) is 49.7 Å². The molecule has 1 aromatic carbocycles. The van der Waals surface area contributed by atoms with E-state index < -0.39 is 0 Å². The van der Waals surface area contributed by atoms with Gasteiger partial charge in [0, 0.05) is 23.2 Å². The Hall–Kier alpha value is -0.530. The number of rotatable bonds is 6. The molecule has 4 nitrogen and oxygen atoms in total. The highest BCUT2D eigenvalue weighted by atomic mass is 79.9. The topological polar surface area (TPSA) is 36.9 Å². The molecule has 0 aliphatic carbocycles. The Bertz CT molecular complexity index is 480. The molecule has 2 heterocycles. The summed E-state index contributed by atoms with van der Waals surface area (Å²) in [5.41, 5.74) is 1.30. The Morgan fingerprint density at radius 2 is 1.50 bits per heavy atom. The van der Waals surface area contributed by atoms with Crippen LogP contribution in [-0.4, -0.2) is 25.8 Å². The molecule has 2 aliphatic heterocycles. The Balaban J connectivity index is 1.54. The predicted octanol–water partition coefficient (Wildman–Crippen LogP) is 4.67. The Morgan fingerprint density at radius 3 is 2.04 bits per heavy atom. The summed E-state index contributed by atoms with van der Waals surface area (Å²) in [4.78, 5) is 0. The van der Waals surface area contributed by atoms with Crippen LogP contribution < -0.4 is 0 Å². The van der Waals surface area contributed by atoms with Crippen LogP contribution in [0.4, 0.5) is 4.39 Å². The lowest BCUT2D eigenvalue weighted by Gasteiger charge is -2.23. The molecule has 0 bridgehead atoms. The normalized spacial score (nSPS) is 24.9. The van der Waals surface area contributed by atoms with Gasteiger partial charge in [-0.1, -0.05) is 15.9 Å². The van der Waals surface area contributed by atoms with Crippen molar-refractivity contribution in [3.8, 4) is 0 Å². The molecule has 2 fully saturated rings. The minimum atomic E-state index is -0.280. The van der Waals surface area contributed by atoms with Gasteiger partial charge in [0.05, 0.1) is 13.2 Å². The molecule has 2 atom stereocenters. The molecule has 6 heteroatoms. The van der Waals surface area contributed by atoms with Crippen molar-refractivity contribution in [3.05, 3.63) is 33.5 Å². The minimum absolute atomic E-state index is 0.180. The third-order valence-corrected chi connectivity index (χ3v) is 5.08. The van der Waals surface area contributed by atoms with Crippen LogP contribution in [0.25, 0.3) is 0 Å². The van der Waals surface area contributed by atoms with Gasteiger partial charge in [0.2, 0.25) is 0 Å². The lowest BCUT2D eigenvalue weighted by atomic mass is 10.1. The van der Waals surface area contributed by atoms with E-state index in [1.165, 1.54) is 6.07 Å². The molecular weight excluding hydrogens is 379 g/mol. The molecule has 2 unspecified atom stereocenters. The SMILES string of the molecule is Fc1cc(COC2CCCCO2)c(Br)cc1COC1CCCCO1. The molecule has 0 radical (unpaired) electrons. The summed E-state index contributed by atoms with van der Waals surface area (Å²) in [5.74, 6) is -0.280. The average Bonchev–Trinajstić information content (AvgIpc) is 2.62.